The van der Waals surface area contributed by atoms with Gasteiger partial charge in [0, 0.05) is 17.1 Å². The molecule has 21 heavy (non-hydrogen) atoms. The molecule has 5 nitrogen and oxygen atoms in total. The van der Waals surface area contributed by atoms with Crippen molar-refractivity contribution in [2.45, 2.75) is 25.4 Å². The zero-order chi connectivity index (χ0) is 15.5. The lowest BCUT2D eigenvalue weighted by Gasteiger charge is -2.16. The minimum absolute atomic E-state index is 0.0142. The molecule has 0 aliphatic carbocycles. The molecule has 116 valence electrons. The molecule has 0 radical (unpaired) electrons. The van der Waals surface area contributed by atoms with Gasteiger partial charge in [-0.1, -0.05) is 23.7 Å². The molecular formula is C14H19ClN2O3S. The second kappa shape index (κ2) is 6.77. The summed E-state index contributed by atoms with van der Waals surface area (Å²) in [6.07, 6.45) is 0.501. The molecule has 2 atom stereocenters. The molecule has 0 unspecified atom stereocenters. The number of benzene rings is 1. The maximum absolute atomic E-state index is 11.8. The Kier molecular flexibility index (Phi) is 5.24. The topological polar surface area (TPSA) is 75.3 Å². The molecule has 1 aliphatic rings. The van der Waals surface area contributed by atoms with E-state index in [9.17, 15) is 13.2 Å². The number of carbonyl (C=O) groups is 1. The van der Waals surface area contributed by atoms with E-state index in [0.717, 1.165) is 5.56 Å². The average Bonchev–Trinajstić information content (AvgIpc) is 2.76. The van der Waals surface area contributed by atoms with Crippen LogP contribution in [-0.4, -0.2) is 38.4 Å². The second-order valence-electron chi connectivity index (χ2n) is 5.32. The summed E-state index contributed by atoms with van der Waals surface area (Å²) in [5.74, 6) is 0.0239. The van der Waals surface area contributed by atoms with Crippen LogP contribution in [0.2, 0.25) is 5.02 Å². The smallest absolute Gasteiger partial charge is 0.234 e. The van der Waals surface area contributed by atoms with Gasteiger partial charge in [0.05, 0.1) is 18.1 Å². The quantitative estimate of drug-likeness (QED) is 0.853. The van der Waals surface area contributed by atoms with E-state index in [1.165, 1.54) is 0 Å². The number of rotatable bonds is 5. The SMILES string of the molecule is C[C@@H](NCC(=O)N[C@H]1CCS(=O)(=O)C1)c1ccc(Cl)cc1. The number of sulfone groups is 1. The van der Waals surface area contributed by atoms with Gasteiger partial charge in [0.1, 0.15) is 0 Å². The van der Waals surface area contributed by atoms with E-state index in [0.29, 0.717) is 11.4 Å². The predicted octanol–water partition coefficient (Wildman–Crippen LogP) is 1.29. The molecule has 1 aromatic rings. The zero-order valence-corrected chi connectivity index (χ0v) is 13.4. The molecule has 1 saturated heterocycles. The molecule has 0 spiro atoms. The number of halogens is 1. The van der Waals surface area contributed by atoms with Crippen molar-refractivity contribution in [3.05, 3.63) is 34.9 Å². The van der Waals surface area contributed by atoms with Crippen LogP contribution in [0.1, 0.15) is 24.9 Å². The van der Waals surface area contributed by atoms with Gasteiger partial charge in [-0.15, -0.1) is 0 Å². The maximum atomic E-state index is 11.8. The Morgan fingerprint density at radius 2 is 2.05 bits per heavy atom. The molecule has 1 heterocycles. The van der Waals surface area contributed by atoms with Crippen LogP contribution in [0.15, 0.2) is 24.3 Å². The van der Waals surface area contributed by atoms with Crippen molar-refractivity contribution in [2.75, 3.05) is 18.1 Å². The highest BCUT2D eigenvalue weighted by molar-refractivity contribution is 7.91. The largest absolute Gasteiger partial charge is 0.351 e. The van der Waals surface area contributed by atoms with Gasteiger partial charge in [-0.2, -0.15) is 0 Å². The van der Waals surface area contributed by atoms with E-state index in [-0.39, 0.29) is 36.0 Å². The number of nitrogens with one attached hydrogen (secondary N) is 2. The van der Waals surface area contributed by atoms with Crippen molar-refractivity contribution < 1.29 is 13.2 Å². The highest BCUT2D eigenvalue weighted by Crippen LogP contribution is 2.15. The van der Waals surface area contributed by atoms with Crippen molar-refractivity contribution in [3.8, 4) is 0 Å². The average molecular weight is 331 g/mol. The molecule has 1 amide bonds. The van der Waals surface area contributed by atoms with Crippen LogP contribution in [0, 0.1) is 0 Å². The second-order valence-corrected chi connectivity index (χ2v) is 7.99. The van der Waals surface area contributed by atoms with E-state index in [1.54, 1.807) is 12.1 Å². The first-order valence-corrected chi connectivity index (χ1v) is 9.04. The van der Waals surface area contributed by atoms with E-state index in [2.05, 4.69) is 10.6 Å². The van der Waals surface area contributed by atoms with Gasteiger partial charge in [0.2, 0.25) is 5.91 Å². The fraction of sp³-hybridized carbons (Fsp3) is 0.500. The summed E-state index contributed by atoms with van der Waals surface area (Å²) in [4.78, 5) is 11.8. The fourth-order valence-electron chi connectivity index (χ4n) is 2.30. The molecule has 0 bridgehead atoms. The lowest BCUT2D eigenvalue weighted by molar-refractivity contribution is -0.120. The first-order chi connectivity index (χ1) is 9.85. The third-order valence-electron chi connectivity index (χ3n) is 3.54. The van der Waals surface area contributed by atoms with Crippen molar-refractivity contribution in [1.82, 2.24) is 10.6 Å². The summed E-state index contributed by atoms with van der Waals surface area (Å²) in [6.45, 7) is 2.11. The lowest BCUT2D eigenvalue weighted by atomic mass is 10.1. The molecule has 1 aromatic carbocycles. The van der Waals surface area contributed by atoms with Crippen LogP contribution in [-0.2, 0) is 14.6 Å². The normalized spacial score (nSPS) is 21.9. The van der Waals surface area contributed by atoms with Crippen molar-refractivity contribution in [3.63, 3.8) is 0 Å². The third kappa shape index (κ3) is 4.98. The van der Waals surface area contributed by atoms with E-state index >= 15 is 0 Å². The summed E-state index contributed by atoms with van der Waals surface area (Å²) < 4.78 is 22.6. The summed E-state index contributed by atoms with van der Waals surface area (Å²) in [5, 5.41) is 6.53. The summed E-state index contributed by atoms with van der Waals surface area (Å²) in [5.41, 5.74) is 1.04. The van der Waals surface area contributed by atoms with Crippen LogP contribution in [0.3, 0.4) is 0 Å². The van der Waals surface area contributed by atoms with Gasteiger partial charge < -0.3 is 10.6 Å². The predicted molar refractivity (Wildman–Crippen MR) is 83.1 cm³/mol. The Bertz CT molecular complexity index is 601. The number of hydrogen-bond donors (Lipinski definition) is 2. The molecular weight excluding hydrogens is 312 g/mol. The monoisotopic (exact) mass is 330 g/mol. The van der Waals surface area contributed by atoms with Gasteiger partial charge >= 0.3 is 0 Å². The Labute approximate surface area is 130 Å². The van der Waals surface area contributed by atoms with E-state index < -0.39 is 9.84 Å². The zero-order valence-electron chi connectivity index (χ0n) is 11.8. The Hall–Kier alpha value is -1.11. The third-order valence-corrected chi connectivity index (χ3v) is 5.56. The van der Waals surface area contributed by atoms with E-state index in [1.807, 2.05) is 19.1 Å². The van der Waals surface area contributed by atoms with Crippen LogP contribution in [0.4, 0.5) is 0 Å². The van der Waals surface area contributed by atoms with Crippen LogP contribution in [0.5, 0.6) is 0 Å². The molecule has 0 aromatic heterocycles. The summed E-state index contributed by atoms with van der Waals surface area (Å²) in [7, 11) is -2.97. The molecule has 1 aliphatic heterocycles. The van der Waals surface area contributed by atoms with Crippen molar-refractivity contribution in [2.24, 2.45) is 0 Å². The molecule has 2 N–H and O–H groups in total. The van der Waals surface area contributed by atoms with Gasteiger partial charge in [-0.05, 0) is 31.0 Å². The summed E-state index contributed by atoms with van der Waals surface area (Å²) >= 11 is 5.83. The van der Waals surface area contributed by atoms with Gasteiger partial charge in [-0.25, -0.2) is 8.42 Å². The first-order valence-electron chi connectivity index (χ1n) is 6.84. The molecule has 1 fully saturated rings. The minimum Gasteiger partial charge on any atom is -0.351 e. The minimum atomic E-state index is -2.97. The molecule has 0 saturated carbocycles. The number of amides is 1. The van der Waals surface area contributed by atoms with Crippen molar-refractivity contribution in [1.29, 1.82) is 0 Å². The highest BCUT2D eigenvalue weighted by Gasteiger charge is 2.28. The first kappa shape index (κ1) is 16.3. The Morgan fingerprint density at radius 3 is 2.62 bits per heavy atom. The maximum Gasteiger partial charge on any atom is 0.234 e. The van der Waals surface area contributed by atoms with Crippen molar-refractivity contribution >= 4 is 27.3 Å². The van der Waals surface area contributed by atoms with Gasteiger partial charge in [0.15, 0.2) is 9.84 Å². The van der Waals surface area contributed by atoms with E-state index in [4.69, 9.17) is 11.6 Å². The van der Waals surface area contributed by atoms with Gasteiger partial charge in [0.25, 0.3) is 0 Å². The van der Waals surface area contributed by atoms with Crippen LogP contribution in [0.25, 0.3) is 0 Å². The fourth-order valence-corrected chi connectivity index (χ4v) is 4.10. The molecule has 7 heteroatoms. The lowest BCUT2D eigenvalue weighted by Crippen LogP contribution is -2.41. The number of carbonyl (C=O) groups excluding carboxylic acids is 1. The number of hydrogen-bond acceptors (Lipinski definition) is 4. The van der Waals surface area contributed by atoms with Gasteiger partial charge in [-0.3, -0.25) is 4.79 Å². The Balaban J connectivity index is 1.77. The summed E-state index contributed by atoms with van der Waals surface area (Å²) in [6, 6.07) is 7.18. The van der Waals surface area contributed by atoms with Crippen LogP contribution < -0.4 is 10.6 Å². The highest BCUT2D eigenvalue weighted by atomic mass is 35.5. The Morgan fingerprint density at radius 1 is 1.38 bits per heavy atom. The molecule has 2 rings (SSSR count). The standard InChI is InChI=1S/C14H19ClN2O3S/c1-10(11-2-4-12(15)5-3-11)16-8-14(18)17-13-6-7-21(19,20)9-13/h2-5,10,13,16H,6-9H2,1H3,(H,17,18)/t10-,13+/m1/s1. The van der Waals surface area contributed by atoms with Crippen LogP contribution >= 0.6 is 11.6 Å².